The van der Waals surface area contributed by atoms with Crippen molar-refractivity contribution in [2.24, 2.45) is 5.92 Å². The Morgan fingerprint density at radius 2 is 1.97 bits per heavy atom. The van der Waals surface area contributed by atoms with Crippen molar-refractivity contribution >= 4 is 39.1 Å². The summed E-state index contributed by atoms with van der Waals surface area (Å²) < 4.78 is 1.07. The number of likely N-dealkylation sites (N-methyl/N-ethyl adjacent to an activating group) is 1. The second-order valence-corrected chi connectivity index (χ2v) is 9.97. The highest BCUT2D eigenvalue weighted by Crippen LogP contribution is 2.26. The van der Waals surface area contributed by atoms with Gasteiger partial charge in [-0.1, -0.05) is 50.4 Å². The van der Waals surface area contributed by atoms with Gasteiger partial charge in [0.15, 0.2) is 0 Å². The summed E-state index contributed by atoms with van der Waals surface area (Å²) in [5.74, 6) is 0.597. The van der Waals surface area contributed by atoms with E-state index < -0.39 is 0 Å². The van der Waals surface area contributed by atoms with Crippen molar-refractivity contribution in [2.75, 3.05) is 20.6 Å². The number of fused-ring (bicyclic) bond motifs is 1. The molecule has 1 aromatic carbocycles. The zero-order valence-corrected chi connectivity index (χ0v) is 20.4. The third-order valence-electron chi connectivity index (χ3n) is 5.24. The van der Waals surface area contributed by atoms with Crippen LogP contribution in [0.3, 0.4) is 0 Å². The largest absolute Gasteiger partial charge is 0.353 e. The molecule has 1 atom stereocenters. The molecule has 1 N–H and O–H groups in total. The van der Waals surface area contributed by atoms with Crippen molar-refractivity contribution in [3.63, 3.8) is 0 Å². The van der Waals surface area contributed by atoms with Gasteiger partial charge in [-0.15, -0.1) is 11.3 Å². The number of carbonyl (C=O) groups is 1. The van der Waals surface area contributed by atoms with Gasteiger partial charge in [-0.05, 0) is 57.5 Å². The Balaban J connectivity index is 2.00. The first kappa shape index (κ1) is 24.8. The van der Waals surface area contributed by atoms with Gasteiger partial charge in [0.25, 0.3) is 0 Å². The topological polar surface area (TPSA) is 45.2 Å². The molecule has 166 valence electrons. The normalized spacial score (nSPS) is 12.6. The molecule has 1 aromatic heterocycles. The molecule has 0 saturated heterocycles. The molecule has 0 saturated carbocycles. The number of aromatic nitrogens is 1. The summed E-state index contributed by atoms with van der Waals surface area (Å²) in [6.45, 7) is 9.55. The maximum atomic E-state index is 12.8. The standard InChI is InChI=1S/C24H36ClN3OS/c1-6-8-18(9-7-2)21(14-17(3)16-28(4)5)26-23(29)12-13-24-27-20-11-10-19(25)15-22(20)30-24/h10-11,15,18,21H,3,6-9,12-14,16H2,1-2,4-5H3,(H,26,29). The van der Waals surface area contributed by atoms with Crippen molar-refractivity contribution in [2.45, 2.75) is 64.8 Å². The first-order chi connectivity index (χ1) is 14.3. The maximum Gasteiger partial charge on any atom is 0.220 e. The Bertz CT molecular complexity index is 827. The van der Waals surface area contributed by atoms with Crippen molar-refractivity contribution < 1.29 is 4.79 Å². The highest BCUT2D eigenvalue weighted by molar-refractivity contribution is 7.18. The number of amides is 1. The Morgan fingerprint density at radius 3 is 2.60 bits per heavy atom. The van der Waals surface area contributed by atoms with Crippen LogP contribution >= 0.6 is 22.9 Å². The number of hydrogen-bond donors (Lipinski definition) is 1. The number of nitrogens with zero attached hydrogens (tertiary/aromatic N) is 2. The Morgan fingerprint density at radius 1 is 1.27 bits per heavy atom. The molecule has 2 aromatic rings. The SMILES string of the molecule is C=C(CC(NC(=O)CCc1nc2ccc(Cl)cc2s1)C(CCC)CCC)CN(C)C. The van der Waals surface area contributed by atoms with Gasteiger partial charge < -0.3 is 10.2 Å². The Labute approximate surface area is 190 Å². The van der Waals surface area contributed by atoms with Crippen LogP contribution in [0, 0.1) is 5.92 Å². The summed E-state index contributed by atoms with van der Waals surface area (Å²) >= 11 is 7.69. The molecule has 4 nitrogen and oxygen atoms in total. The van der Waals surface area contributed by atoms with Crippen LogP contribution < -0.4 is 5.32 Å². The highest BCUT2D eigenvalue weighted by Gasteiger charge is 2.23. The molecule has 2 rings (SSSR count). The van der Waals surface area contributed by atoms with Gasteiger partial charge in [0.05, 0.1) is 15.2 Å². The molecule has 0 aliphatic carbocycles. The third kappa shape index (κ3) is 8.01. The average molecular weight is 450 g/mol. The van der Waals surface area contributed by atoms with E-state index in [1.165, 1.54) is 5.57 Å². The van der Waals surface area contributed by atoms with Crippen LogP contribution in [0.25, 0.3) is 10.2 Å². The van der Waals surface area contributed by atoms with E-state index in [1.54, 1.807) is 11.3 Å². The summed E-state index contributed by atoms with van der Waals surface area (Å²) in [7, 11) is 4.11. The fourth-order valence-electron chi connectivity index (χ4n) is 4.00. The smallest absolute Gasteiger partial charge is 0.220 e. The minimum absolute atomic E-state index is 0.104. The summed E-state index contributed by atoms with van der Waals surface area (Å²) in [5.41, 5.74) is 2.12. The molecule has 0 radical (unpaired) electrons. The van der Waals surface area contributed by atoms with E-state index in [0.29, 0.717) is 23.8 Å². The van der Waals surface area contributed by atoms with Crippen LogP contribution in [-0.2, 0) is 11.2 Å². The number of benzene rings is 1. The van der Waals surface area contributed by atoms with Gasteiger partial charge in [0.2, 0.25) is 5.91 Å². The lowest BCUT2D eigenvalue weighted by Gasteiger charge is -2.29. The molecule has 0 bridgehead atoms. The van der Waals surface area contributed by atoms with Crippen LogP contribution in [0.15, 0.2) is 30.4 Å². The predicted octanol–water partition coefficient (Wildman–Crippen LogP) is 6.09. The number of thiazole rings is 1. The van der Waals surface area contributed by atoms with Crippen LogP contribution in [0.4, 0.5) is 0 Å². The summed E-state index contributed by atoms with van der Waals surface area (Å²) in [5, 5.41) is 5.04. The number of carbonyl (C=O) groups excluding carboxylic acids is 1. The van der Waals surface area contributed by atoms with E-state index in [2.05, 4.69) is 49.7 Å². The lowest BCUT2D eigenvalue weighted by atomic mass is 9.86. The number of rotatable bonds is 13. The highest BCUT2D eigenvalue weighted by atomic mass is 35.5. The number of nitrogens with one attached hydrogen (secondary N) is 1. The fourth-order valence-corrected chi connectivity index (χ4v) is 5.24. The van der Waals surface area contributed by atoms with Gasteiger partial charge in [-0.3, -0.25) is 4.79 Å². The minimum atomic E-state index is 0.104. The summed E-state index contributed by atoms with van der Waals surface area (Å²) in [6, 6.07) is 5.88. The van der Waals surface area contributed by atoms with E-state index in [-0.39, 0.29) is 11.9 Å². The van der Waals surface area contributed by atoms with Gasteiger partial charge >= 0.3 is 0 Å². The first-order valence-electron chi connectivity index (χ1n) is 11.0. The molecule has 0 aliphatic heterocycles. The van der Waals surface area contributed by atoms with E-state index in [1.807, 2.05) is 18.2 Å². The number of halogens is 1. The van der Waals surface area contributed by atoms with Crippen LogP contribution in [0.2, 0.25) is 5.02 Å². The van der Waals surface area contributed by atoms with Gasteiger partial charge in [0.1, 0.15) is 0 Å². The molecule has 1 unspecified atom stereocenters. The molecule has 1 heterocycles. The van der Waals surface area contributed by atoms with Crippen molar-refractivity contribution in [3.05, 3.63) is 40.4 Å². The molecule has 0 fully saturated rings. The van der Waals surface area contributed by atoms with Crippen LogP contribution in [-0.4, -0.2) is 42.5 Å². The minimum Gasteiger partial charge on any atom is -0.353 e. The van der Waals surface area contributed by atoms with Crippen molar-refractivity contribution in [3.8, 4) is 0 Å². The predicted molar refractivity (Wildman–Crippen MR) is 130 cm³/mol. The number of hydrogen-bond acceptors (Lipinski definition) is 4. The van der Waals surface area contributed by atoms with E-state index in [9.17, 15) is 4.79 Å². The zero-order chi connectivity index (χ0) is 22.1. The molecular weight excluding hydrogens is 414 g/mol. The van der Waals surface area contributed by atoms with Crippen molar-refractivity contribution in [1.29, 1.82) is 0 Å². The molecule has 0 spiro atoms. The van der Waals surface area contributed by atoms with Crippen LogP contribution in [0.5, 0.6) is 0 Å². The summed E-state index contributed by atoms with van der Waals surface area (Å²) in [4.78, 5) is 19.6. The van der Waals surface area contributed by atoms with Gasteiger partial charge in [0, 0.05) is 30.5 Å². The fraction of sp³-hybridized carbons (Fsp3) is 0.583. The van der Waals surface area contributed by atoms with Crippen LogP contribution in [0.1, 0.15) is 57.4 Å². The van der Waals surface area contributed by atoms with E-state index in [0.717, 1.165) is 53.9 Å². The lowest BCUT2D eigenvalue weighted by molar-refractivity contribution is -0.122. The van der Waals surface area contributed by atoms with Gasteiger partial charge in [-0.2, -0.15) is 0 Å². The Hall–Kier alpha value is -1.43. The Kier molecular flexibility index (Phi) is 10.3. The zero-order valence-electron chi connectivity index (χ0n) is 18.8. The average Bonchev–Trinajstić information content (AvgIpc) is 3.07. The molecule has 6 heteroatoms. The summed E-state index contributed by atoms with van der Waals surface area (Å²) in [6.07, 6.45) is 6.47. The van der Waals surface area contributed by atoms with E-state index in [4.69, 9.17) is 11.6 Å². The second kappa shape index (κ2) is 12.4. The molecule has 1 amide bonds. The quantitative estimate of drug-likeness (QED) is 0.376. The first-order valence-corrected chi connectivity index (χ1v) is 12.2. The third-order valence-corrected chi connectivity index (χ3v) is 6.56. The maximum absolute atomic E-state index is 12.8. The molecule has 0 aliphatic rings. The van der Waals surface area contributed by atoms with Gasteiger partial charge in [-0.25, -0.2) is 4.98 Å². The molecule has 30 heavy (non-hydrogen) atoms. The lowest BCUT2D eigenvalue weighted by Crippen LogP contribution is -2.41. The monoisotopic (exact) mass is 449 g/mol. The molecular formula is C24H36ClN3OS. The van der Waals surface area contributed by atoms with E-state index >= 15 is 0 Å². The van der Waals surface area contributed by atoms with Crippen molar-refractivity contribution in [1.82, 2.24) is 15.2 Å². The number of aryl methyl sites for hydroxylation is 1. The second-order valence-electron chi connectivity index (χ2n) is 8.42.